The molecule has 0 bridgehead atoms. The van der Waals surface area contributed by atoms with Gasteiger partial charge >= 0.3 is 51.4 Å². The van der Waals surface area contributed by atoms with Crippen LogP contribution in [0.3, 0.4) is 0 Å². The Bertz CT molecular complexity index is 442. The van der Waals surface area contributed by atoms with E-state index in [1.807, 2.05) is 0 Å². The van der Waals surface area contributed by atoms with Crippen molar-refractivity contribution in [2.45, 2.75) is 154 Å². The predicted molar refractivity (Wildman–Crippen MR) is 123 cm³/mol. The first-order valence-corrected chi connectivity index (χ1v) is 14.0. The van der Waals surface area contributed by atoms with Gasteiger partial charge in [0.1, 0.15) is 0 Å². The molecule has 2 atom stereocenters. The van der Waals surface area contributed by atoms with Gasteiger partial charge in [0.25, 0.3) is 0 Å². The van der Waals surface area contributed by atoms with Crippen LogP contribution in [0.25, 0.3) is 0 Å². The minimum atomic E-state index is -4.13. The van der Waals surface area contributed by atoms with Gasteiger partial charge in [-0.1, -0.05) is 116 Å². The largest absolute Gasteiger partial charge is 1.00 e. The van der Waals surface area contributed by atoms with E-state index in [2.05, 4.69) is 6.92 Å². The van der Waals surface area contributed by atoms with Crippen LogP contribution in [0.1, 0.15) is 142 Å². The van der Waals surface area contributed by atoms with Crippen LogP contribution >= 0.6 is 0 Å². The summed E-state index contributed by atoms with van der Waals surface area (Å²) in [5.41, 5.74) is 0. The molecule has 0 saturated carbocycles. The Balaban J connectivity index is 0. The first kappa shape index (κ1) is 33.7. The topological polar surface area (TPSA) is 77.4 Å². The number of aliphatic hydroxyl groups excluding tert-OH is 1. The van der Waals surface area contributed by atoms with E-state index >= 15 is 0 Å². The SMILES string of the molecule is CCCCCCCCCCCCCCCC(O)CCCCCCC(C)S(=O)(=O)[O-].[K+]. The second kappa shape index (κ2) is 23.7. The molecule has 0 aliphatic rings. The fourth-order valence-electron chi connectivity index (χ4n) is 3.85. The van der Waals surface area contributed by atoms with Crippen molar-refractivity contribution in [3.05, 3.63) is 0 Å². The van der Waals surface area contributed by atoms with Crippen molar-refractivity contribution in [2.75, 3.05) is 0 Å². The number of hydrogen-bond donors (Lipinski definition) is 1. The van der Waals surface area contributed by atoms with E-state index in [-0.39, 0.29) is 57.5 Å². The summed E-state index contributed by atoms with van der Waals surface area (Å²) in [5.74, 6) is 0. The molecule has 6 heteroatoms. The predicted octanol–water partition coefficient (Wildman–Crippen LogP) is 4.11. The van der Waals surface area contributed by atoms with Gasteiger partial charge < -0.3 is 9.66 Å². The minimum Gasteiger partial charge on any atom is -0.748 e. The van der Waals surface area contributed by atoms with Crippen LogP contribution in [0, 0.1) is 0 Å². The third-order valence-corrected chi connectivity index (χ3v) is 7.25. The molecule has 0 heterocycles. The smallest absolute Gasteiger partial charge is 0.748 e. The molecule has 0 amide bonds. The van der Waals surface area contributed by atoms with Crippen molar-refractivity contribution in [1.82, 2.24) is 0 Å². The maximum Gasteiger partial charge on any atom is 1.00 e. The molecule has 0 aliphatic heterocycles. The molecule has 0 aromatic heterocycles. The minimum absolute atomic E-state index is 0. The van der Waals surface area contributed by atoms with E-state index in [0.29, 0.717) is 6.42 Å². The summed E-state index contributed by atoms with van der Waals surface area (Å²) >= 11 is 0. The summed E-state index contributed by atoms with van der Waals surface area (Å²) in [5, 5.41) is 9.28. The van der Waals surface area contributed by atoms with Crippen LogP contribution in [0.2, 0.25) is 0 Å². The summed E-state index contributed by atoms with van der Waals surface area (Å²) in [6, 6.07) is 0. The number of unbranched alkanes of at least 4 members (excludes halogenated alkanes) is 15. The fourth-order valence-corrected chi connectivity index (χ4v) is 4.31. The van der Waals surface area contributed by atoms with Crippen molar-refractivity contribution in [3.63, 3.8) is 0 Å². The second-order valence-electron chi connectivity index (χ2n) is 8.98. The first-order valence-electron chi connectivity index (χ1n) is 12.5. The fraction of sp³-hybridized carbons (Fsp3) is 1.00. The summed E-state index contributed by atoms with van der Waals surface area (Å²) in [6.07, 6.45) is 23.2. The molecule has 0 rings (SSSR count). The Morgan fingerprint density at radius 3 is 1.27 bits per heavy atom. The van der Waals surface area contributed by atoms with Gasteiger partial charge in [-0.3, -0.25) is 0 Å². The Labute approximate surface area is 230 Å². The molecule has 0 saturated heterocycles. The standard InChI is InChI=1S/C24H50O4S.K/c1-3-4-5-6-7-8-9-10-11-12-13-14-18-21-24(25)22-19-16-15-17-20-23(2)29(26,27)28;/h23-25H,3-22H2,1-2H3,(H,26,27,28);/q;+1/p-1. The molecule has 2 unspecified atom stereocenters. The third kappa shape index (κ3) is 24.2. The van der Waals surface area contributed by atoms with Crippen LogP contribution in [0.4, 0.5) is 0 Å². The van der Waals surface area contributed by atoms with E-state index < -0.39 is 15.4 Å². The molecule has 0 aliphatic carbocycles. The van der Waals surface area contributed by atoms with Crippen LogP contribution in [-0.2, 0) is 10.1 Å². The van der Waals surface area contributed by atoms with Crippen LogP contribution in [0.15, 0.2) is 0 Å². The summed E-state index contributed by atoms with van der Waals surface area (Å²) in [6.45, 7) is 3.75. The Morgan fingerprint density at radius 2 is 0.933 bits per heavy atom. The molecule has 176 valence electrons. The second-order valence-corrected chi connectivity index (χ2v) is 10.8. The van der Waals surface area contributed by atoms with Gasteiger partial charge in [0.15, 0.2) is 0 Å². The zero-order valence-electron chi connectivity index (χ0n) is 20.4. The third-order valence-electron chi connectivity index (χ3n) is 6.03. The molecule has 0 aromatic rings. The average molecular weight is 473 g/mol. The van der Waals surface area contributed by atoms with Gasteiger partial charge in [-0.2, -0.15) is 0 Å². The van der Waals surface area contributed by atoms with E-state index in [1.54, 1.807) is 0 Å². The zero-order chi connectivity index (χ0) is 21.8. The Hall–Kier alpha value is 1.51. The molecule has 0 fully saturated rings. The van der Waals surface area contributed by atoms with Gasteiger partial charge in [0, 0.05) is 5.25 Å². The molecule has 0 spiro atoms. The number of hydrogen-bond acceptors (Lipinski definition) is 4. The molecule has 1 N–H and O–H groups in total. The summed E-state index contributed by atoms with van der Waals surface area (Å²) < 4.78 is 32.5. The molecule has 0 aromatic carbocycles. The Morgan fingerprint density at radius 1 is 0.633 bits per heavy atom. The molecular formula is C24H49KO4S. The van der Waals surface area contributed by atoms with Crippen molar-refractivity contribution in [2.24, 2.45) is 0 Å². The molecule has 0 radical (unpaired) electrons. The van der Waals surface area contributed by atoms with Crippen molar-refractivity contribution < 1.29 is 69.5 Å². The van der Waals surface area contributed by atoms with E-state index in [9.17, 15) is 18.1 Å². The van der Waals surface area contributed by atoms with E-state index in [4.69, 9.17) is 0 Å². The van der Waals surface area contributed by atoms with Gasteiger partial charge in [-0.05, 0) is 26.2 Å². The molecule has 30 heavy (non-hydrogen) atoms. The normalized spacial score (nSPS) is 13.7. The molecule has 4 nitrogen and oxygen atoms in total. The maximum atomic E-state index is 10.8. The van der Waals surface area contributed by atoms with Crippen LogP contribution in [-0.4, -0.2) is 29.4 Å². The van der Waals surface area contributed by atoms with Gasteiger partial charge in [0.2, 0.25) is 0 Å². The first-order chi connectivity index (χ1) is 13.9. The summed E-state index contributed by atoms with van der Waals surface area (Å²) in [7, 11) is -4.13. The zero-order valence-corrected chi connectivity index (χ0v) is 24.3. The monoisotopic (exact) mass is 472 g/mol. The van der Waals surface area contributed by atoms with Crippen molar-refractivity contribution in [3.8, 4) is 0 Å². The maximum absolute atomic E-state index is 10.8. The van der Waals surface area contributed by atoms with Crippen LogP contribution < -0.4 is 51.4 Å². The quantitative estimate of drug-likeness (QED) is 0.146. The average Bonchev–Trinajstić information content (AvgIpc) is 2.67. The van der Waals surface area contributed by atoms with Gasteiger partial charge in [0.05, 0.1) is 16.2 Å². The number of rotatable bonds is 22. The van der Waals surface area contributed by atoms with E-state index in [1.165, 1.54) is 84.0 Å². The Kier molecular flexibility index (Phi) is 26.6. The van der Waals surface area contributed by atoms with Crippen LogP contribution in [0.5, 0.6) is 0 Å². The van der Waals surface area contributed by atoms with Gasteiger partial charge in [-0.15, -0.1) is 0 Å². The van der Waals surface area contributed by atoms with E-state index in [0.717, 1.165) is 44.9 Å². The van der Waals surface area contributed by atoms with Crippen molar-refractivity contribution in [1.29, 1.82) is 0 Å². The van der Waals surface area contributed by atoms with Crippen molar-refractivity contribution >= 4 is 10.1 Å². The van der Waals surface area contributed by atoms with Gasteiger partial charge in [-0.25, -0.2) is 8.42 Å². The molecular weight excluding hydrogens is 423 g/mol. The number of aliphatic hydroxyl groups is 1. The summed E-state index contributed by atoms with van der Waals surface area (Å²) in [4.78, 5) is 0.